The van der Waals surface area contributed by atoms with Crippen molar-refractivity contribution in [2.75, 3.05) is 0 Å². The third kappa shape index (κ3) is 6.93. The summed E-state index contributed by atoms with van der Waals surface area (Å²) >= 11 is 0. The summed E-state index contributed by atoms with van der Waals surface area (Å²) in [5, 5.41) is 2.51. The molecule has 1 amide bonds. The summed E-state index contributed by atoms with van der Waals surface area (Å²) in [4.78, 5) is 24.7. The summed E-state index contributed by atoms with van der Waals surface area (Å²) < 4.78 is 10.9. The van der Waals surface area contributed by atoms with Gasteiger partial charge < -0.3 is 14.8 Å². The average molecular weight is 432 g/mol. The number of carbonyl (C=O) groups excluding carboxylic acids is 2. The SMILES string of the molecule is C#Cc1ccc(C(c2ccc(C#C)cc2)[C@H](C)OC(=O)[C@H](C)NC(=O)OC(C)(C)C)cc1. The third-order valence-electron chi connectivity index (χ3n) is 4.73. The molecule has 5 heteroatoms. The van der Waals surface area contributed by atoms with Crippen LogP contribution in [0.2, 0.25) is 0 Å². The highest BCUT2D eigenvalue weighted by Gasteiger charge is 2.28. The van der Waals surface area contributed by atoms with Crippen LogP contribution >= 0.6 is 0 Å². The maximum Gasteiger partial charge on any atom is 0.408 e. The van der Waals surface area contributed by atoms with Crippen molar-refractivity contribution in [3.63, 3.8) is 0 Å². The summed E-state index contributed by atoms with van der Waals surface area (Å²) in [7, 11) is 0. The molecule has 0 saturated heterocycles. The molecule has 0 aromatic heterocycles. The lowest BCUT2D eigenvalue weighted by atomic mass is 9.86. The number of hydrogen-bond acceptors (Lipinski definition) is 4. The molecule has 0 aliphatic heterocycles. The Hall–Kier alpha value is -3.70. The van der Waals surface area contributed by atoms with Crippen LogP contribution in [-0.2, 0) is 14.3 Å². The highest BCUT2D eigenvalue weighted by molar-refractivity contribution is 5.81. The van der Waals surface area contributed by atoms with Gasteiger partial charge in [-0.05, 0) is 70.0 Å². The van der Waals surface area contributed by atoms with E-state index in [1.165, 1.54) is 0 Å². The van der Waals surface area contributed by atoms with E-state index < -0.39 is 29.8 Å². The molecule has 2 aromatic carbocycles. The van der Waals surface area contributed by atoms with Gasteiger partial charge in [0.05, 0.1) is 0 Å². The second-order valence-electron chi connectivity index (χ2n) is 8.52. The molecule has 0 unspecified atom stereocenters. The summed E-state index contributed by atoms with van der Waals surface area (Å²) in [6, 6.07) is 14.2. The van der Waals surface area contributed by atoms with E-state index in [4.69, 9.17) is 22.3 Å². The lowest BCUT2D eigenvalue weighted by Gasteiger charge is -2.27. The van der Waals surface area contributed by atoms with Gasteiger partial charge in [-0.1, -0.05) is 36.1 Å². The van der Waals surface area contributed by atoms with Crippen LogP contribution in [0.1, 0.15) is 62.8 Å². The van der Waals surface area contributed by atoms with E-state index in [0.717, 1.165) is 22.3 Å². The van der Waals surface area contributed by atoms with Crippen molar-refractivity contribution in [3.05, 3.63) is 70.8 Å². The van der Waals surface area contributed by atoms with Gasteiger partial charge in [0.25, 0.3) is 0 Å². The van der Waals surface area contributed by atoms with Crippen LogP contribution in [0.5, 0.6) is 0 Å². The monoisotopic (exact) mass is 431 g/mol. The first-order valence-corrected chi connectivity index (χ1v) is 10.4. The van der Waals surface area contributed by atoms with E-state index in [1.54, 1.807) is 27.7 Å². The van der Waals surface area contributed by atoms with Gasteiger partial charge in [0.15, 0.2) is 0 Å². The number of hydrogen-bond donors (Lipinski definition) is 1. The van der Waals surface area contributed by atoms with Gasteiger partial charge in [0.1, 0.15) is 17.7 Å². The van der Waals surface area contributed by atoms with Crippen molar-refractivity contribution in [1.29, 1.82) is 0 Å². The molecule has 32 heavy (non-hydrogen) atoms. The Morgan fingerprint density at radius 1 is 0.875 bits per heavy atom. The lowest BCUT2D eigenvalue weighted by molar-refractivity contribution is -0.150. The minimum absolute atomic E-state index is 0.258. The van der Waals surface area contributed by atoms with Crippen molar-refractivity contribution in [1.82, 2.24) is 5.32 Å². The van der Waals surface area contributed by atoms with Gasteiger partial charge >= 0.3 is 12.1 Å². The number of ether oxygens (including phenoxy) is 2. The van der Waals surface area contributed by atoms with Gasteiger partial charge in [0.2, 0.25) is 0 Å². The molecular weight excluding hydrogens is 402 g/mol. The van der Waals surface area contributed by atoms with Crippen LogP contribution < -0.4 is 5.32 Å². The summed E-state index contributed by atoms with van der Waals surface area (Å²) in [6.45, 7) is 8.61. The zero-order valence-electron chi connectivity index (χ0n) is 19.1. The smallest absolute Gasteiger partial charge is 0.408 e. The molecule has 166 valence electrons. The van der Waals surface area contributed by atoms with E-state index in [-0.39, 0.29) is 5.92 Å². The van der Waals surface area contributed by atoms with Gasteiger partial charge in [-0.2, -0.15) is 0 Å². The van der Waals surface area contributed by atoms with E-state index in [9.17, 15) is 9.59 Å². The first-order valence-electron chi connectivity index (χ1n) is 10.4. The maximum absolute atomic E-state index is 12.7. The predicted molar refractivity (Wildman–Crippen MR) is 125 cm³/mol. The molecule has 0 radical (unpaired) electrons. The molecule has 5 nitrogen and oxygen atoms in total. The topological polar surface area (TPSA) is 64.6 Å². The third-order valence-corrected chi connectivity index (χ3v) is 4.73. The number of nitrogens with one attached hydrogen (secondary N) is 1. The molecule has 0 spiro atoms. The molecule has 1 N–H and O–H groups in total. The normalized spacial score (nSPS) is 12.8. The molecular formula is C27H29NO4. The Balaban J connectivity index is 2.22. The fraction of sp³-hybridized carbons (Fsp3) is 0.333. The Morgan fingerprint density at radius 3 is 1.69 bits per heavy atom. The number of amides is 1. The summed E-state index contributed by atoms with van der Waals surface area (Å²) in [5.74, 6) is 4.38. The number of terminal acetylenes is 2. The lowest BCUT2D eigenvalue weighted by Crippen LogP contribution is -2.43. The fourth-order valence-electron chi connectivity index (χ4n) is 3.20. The zero-order valence-corrected chi connectivity index (χ0v) is 19.1. The van der Waals surface area contributed by atoms with Crippen molar-refractivity contribution in [2.24, 2.45) is 0 Å². The number of benzene rings is 2. The average Bonchev–Trinajstić information content (AvgIpc) is 2.73. The number of esters is 1. The Labute approximate surface area is 190 Å². The van der Waals surface area contributed by atoms with Crippen molar-refractivity contribution in [3.8, 4) is 24.7 Å². The molecule has 0 heterocycles. The molecule has 2 rings (SSSR count). The second kappa shape index (κ2) is 10.6. The van der Waals surface area contributed by atoms with Gasteiger partial charge in [0, 0.05) is 17.0 Å². The van der Waals surface area contributed by atoms with Gasteiger partial charge in [-0.3, -0.25) is 0 Å². The largest absolute Gasteiger partial charge is 0.460 e. The Kier molecular flexibility index (Phi) is 8.10. The highest BCUT2D eigenvalue weighted by Crippen LogP contribution is 2.30. The minimum atomic E-state index is -0.874. The number of alkyl carbamates (subject to hydrolysis) is 1. The van der Waals surface area contributed by atoms with E-state index >= 15 is 0 Å². The molecule has 0 saturated carbocycles. The fourth-order valence-corrected chi connectivity index (χ4v) is 3.20. The van der Waals surface area contributed by atoms with Crippen LogP contribution in [-0.4, -0.2) is 29.8 Å². The van der Waals surface area contributed by atoms with Crippen molar-refractivity contribution < 1.29 is 19.1 Å². The van der Waals surface area contributed by atoms with Crippen molar-refractivity contribution >= 4 is 12.1 Å². The zero-order chi connectivity index (χ0) is 23.9. The molecule has 0 aliphatic carbocycles. The molecule has 0 bridgehead atoms. The Bertz CT molecular complexity index is 960. The van der Waals surface area contributed by atoms with Gasteiger partial charge in [-0.25, -0.2) is 9.59 Å². The Morgan fingerprint density at radius 2 is 1.31 bits per heavy atom. The van der Waals surface area contributed by atoms with Crippen molar-refractivity contribution in [2.45, 2.75) is 58.3 Å². The molecule has 2 aromatic rings. The quantitative estimate of drug-likeness (QED) is 0.535. The highest BCUT2D eigenvalue weighted by atomic mass is 16.6. The summed E-state index contributed by atoms with van der Waals surface area (Å²) in [6.07, 6.45) is 9.74. The summed E-state index contributed by atoms with van der Waals surface area (Å²) in [5.41, 5.74) is 2.72. The van der Waals surface area contributed by atoms with Crippen LogP contribution in [0, 0.1) is 24.7 Å². The van der Waals surface area contributed by atoms with Crippen LogP contribution in [0.25, 0.3) is 0 Å². The molecule has 0 aliphatic rings. The first-order chi connectivity index (χ1) is 15.0. The minimum Gasteiger partial charge on any atom is -0.460 e. The van der Waals surface area contributed by atoms with Crippen LogP contribution in [0.4, 0.5) is 4.79 Å². The van der Waals surface area contributed by atoms with E-state index in [1.807, 2.05) is 55.5 Å². The second-order valence-corrected chi connectivity index (χ2v) is 8.52. The van der Waals surface area contributed by atoms with Crippen LogP contribution in [0.3, 0.4) is 0 Å². The molecule has 0 fully saturated rings. The first kappa shape index (κ1) is 24.6. The van der Waals surface area contributed by atoms with Crippen LogP contribution in [0.15, 0.2) is 48.5 Å². The molecule has 2 atom stereocenters. The predicted octanol–water partition coefficient (Wildman–Crippen LogP) is 4.63. The number of carbonyl (C=O) groups is 2. The number of rotatable bonds is 6. The van der Waals surface area contributed by atoms with E-state index in [2.05, 4.69) is 17.2 Å². The van der Waals surface area contributed by atoms with Gasteiger partial charge in [-0.15, -0.1) is 12.8 Å². The maximum atomic E-state index is 12.7. The van der Waals surface area contributed by atoms with E-state index in [0.29, 0.717) is 0 Å². The standard InChI is InChI=1S/C27H29NO4/c1-8-20-10-14-22(15-11-20)24(23-16-12-21(9-2)13-17-23)19(4)31-25(29)18(3)28-26(30)32-27(5,6)7/h1-2,10-19,24H,3-7H3,(H,28,30)/t18-,19-/m0/s1.